The third kappa shape index (κ3) is 4.39. The molecule has 0 aromatic carbocycles. The molecule has 0 atom stereocenters. The topological polar surface area (TPSA) is 52.5 Å². The van der Waals surface area contributed by atoms with Crippen LogP contribution in [-0.2, 0) is 0 Å². The van der Waals surface area contributed by atoms with Gasteiger partial charge in [-0.15, -0.1) is 0 Å². The summed E-state index contributed by atoms with van der Waals surface area (Å²) in [4.78, 5) is 0. The first-order valence-electron chi connectivity index (χ1n) is 3.21. The van der Waals surface area contributed by atoms with Gasteiger partial charge in [-0.05, 0) is 20.0 Å². The van der Waals surface area contributed by atoms with Crippen LogP contribution in [0.5, 0.6) is 0 Å². The summed E-state index contributed by atoms with van der Waals surface area (Å²) in [6, 6.07) is 0. The van der Waals surface area contributed by atoms with E-state index in [1.54, 1.807) is 14.0 Å². The van der Waals surface area contributed by atoms with Crippen molar-refractivity contribution in [2.75, 3.05) is 13.6 Å². The molecule has 0 aliphatic rings. The van der Waals surface area contributed by atoms with Gasteiger partial charge in [0.05, 0.1) is 0 Å². The normalized spacial score (nSPS) is 12.0. The van der Waals surface area contributed by atoms with Crippen LogP contribution in [0.25, 0.3) is 0 Å². The van der Waals surface area contributed by atoms with Gasteiger partial charge in [0.1, 0.15) is 0 Å². The fraction of sp³-hybridized carbons (Fsp3) is 1.00. The van der Waals surface area contributed by atoms with Gasteiger partial charge in [-0.2, -0.15) is 0 Å². The van der Waals surface area contributed by atoms with Gasteiger partial charge >= 0.3 is 0 Å². The van der Waals surface area contributed by atoms with Crippen molar-refractivity contribution in [3.05, 3.63) is 0 Å². The molecule has 0 fully saturated rings. The van der Waals surface area contributed by atoms with Gasteiger partial charge in [0, 0.05) is 6.42 Å². The Morgan fingerprint density at radius 1 is 1.44 bits per heavy atom. The SMILES string of the molecule is CCC(O)(O)CCNC. The molecule has 0 aromatic heterocycles. The Bertz CT molecular complexity index is 73.5. The molecule has 0 saturated heterocycles. The van der Waals surface area contributed by atoms with E-state index < -0.39 is 5.79 Å². The molecule has 0 aliphatic heterocycles. The summed E-state index contributed by atoms with van der Waals surface area (Å²) in [5.41, 5.74) is 0. The quantitative estimate of drug-likeness (QED) is 0.461. The zero-order valence-electron chi connectivity index (χ0n) is 6.02. The highest BCUT2D eigenvalue weighted by Crippen LogP contribution is 2.08. The summed E-state index contributed by atoms with van der Waals surface area (Å²) in [6.07, 6.45) is 0.772. The Morgan fingerprint density at radius 2 is 2.00 bits per heavy atom. The molecule has 0 rings (SSSR count). The average Bonchev–Trinajstić information content (AvgIpc) is 1.84. The van der Waals surface area contributed by atoms with E-state index in [4.69, 9.17) is 10.2 Å². The first-order chi connectivity index (χ1) is 4.12. The van der Waals surface area contributed by atoms with Crippen molar-refractivity contribution in [1.82, 2.24) is 5.32 Å². The predicted molar refractivity (Wildman–Crippen MR) is 36.0 cm³/mol. The van der Waals surface area contributed by atoms with Crippen molar-refractivity contribution in [2.45, 2.75) is 25.6 Å². The number of nitrogens with one attached hydrogen (secondary N) is 1. The van der Waals surface area contributed by atoms with Gasteiger partial charge in [0.2, 0.25) is 0 Å². The van der Waals surface area contributed by atoms with E-state index in [1.165, 1.54) is 0 Å². The van der Waals surface area contributed by atoms with Gasteiger partial charge in [0.15, 0.2) is 5.79 Å². The van der Waals surface area contributed by atoms with Crippen molar-refractivity contribution in [2.24, 2.45) is 0 Å². The molecule has 3 heteroatoms. The standard InChI is InChI=1S/C6H15NO2/c1-3-6(8,9)4-5-7-2/h7-9H,3-5H2,1-2H3. The minimum Gasteiger partial charge on any atom is -0.366 e. The lowest BCUT2D eigenvalue weighted by Crippen LogP contribution is -2.30. The Morgan fingerprint density at radius 3 is 2.33 bits per heavy atom. The minimum absolute atomic E-state index is 0.384. The first-order valence-corrected chi connectivity index (χ1v) is 3.21. The van der Waals surface area contributed by atoms with Crippen LogP contribution < -0.4 is 5.32 Å². The van der Waals surface area contributed by atoms with E-state index in [9.17, 15) is 0 Å². The highest BCUT2D eigenvalue weighted by molar-refractivity contribution is 4.61. The van der Waals surface area contributed by atoms with Crippen LogP contribution in [0.3, 0.4) is 0 Å². The third-order valence-corrected chi connectivity index (χ3v) is 1.34. The molecule has 0 aromatic rings. The van der Waals surface area contributed by atoms with Crippen LogP contribution in [-0.4, -0.2) is 29.6 Å². The number of rotatable bonds is 4. The lowest BCUT2D eigenvalue weighted by Gasteiger charge is -2.18. The van der Waals surface area contributed by atoms with E-state index in [0.717, 1.165) is 0 Å². The van der Waals surface area contributed by atoms with E-state index in [1.807, 2.05) is 0 Å². The number of aliphatic hydroxyl groups is 2. The zero-order chi connectivity index (χ0) is 7.33. The van der Waals surface area contributed by atoms with Crippen LogP contribution in [0.2, 0.25) is 0 Å². The number of hydrogen-bond acceptors (Lipinski definition) is 3. The smallest absolute Gasteiger partial charge is 0.163 e. The third-order valence-electron chi connectivity index (χ3n) is 1.34. The Labute approximate surface area is 55.7 Å². The molecule has 9 heavy (non-hydrogen) atoms. The van der Waals surface area contributed by atoms with Crippen LogP contribution in [0.1, 0.15) is 19.8 Å². The highest BCUT2D eigenvalue weighted by Gasteiger charge is 2.17. The second-order valence-corrected chi connectivity index (χ2v) is 2.19. The maximum absolute atomic E-state index is 8.97. The molecular weight excluding hydrogens is 118 g/mol. The van der Waals surface area contributed by atoms with E-state index in [-0.39, 0.29) is 0 Å². The lowest BCUT2D eigenvalue weighted by atomic mass is 10.1. The molecule has 0 amide bonds. The molecule has 0 bridgehead atoms. The largest absolute Gasteiger partial charge is 0.366 e. The molecule has 0 spiro atoms. The Hall–Kier alpha value is -0.120. The van der Waals surface area contributed by atoms with E-state index in [0.29, 0.717) is 19.4 Å². The summed E-state index contributed by atoms with van der Waals surface area (Å²) in [5, 5.41) is 20.8. The van der Waals surface area contributed by atoms with Gasteiger partial charge in [0.25, 0.3) is 0 Å². The van der Waals surface area contributed by atoms with Crippen molar-refractivity contribution in [3.8, 4) is 0 Å². The molecule has 0 heterocycles. The van der Waals surface area contributed by atoms with Crippen molar-refractivity contribution in [3.63, 3.8) is 0 Å². The maximum atomic E-state index is 8.97. The molecule has 3 nitrogen and oxygen atoms in total. The summed E-state index contributed by atoms with van der Waals surface area (Å²) in [7, 11) is 1.78. The molecule has 56 valence electrons. The first kappa shape index (κ1) is 8.88. The van der Waals surface area contributed by atoms with Crippen LogP contribution >= 0.6 is 0 Å². The Kier molecular flexibility index (Phi) is 3.77. The van der Waals surface area contributed by atoms with E-state index >= 15 is 0 Å². The number of hydrogen-bond donors (Lipinski definition) is 3. The highest BCUT2D eigenvalue weighted by atomic mass is 16.5. The summed E-state index contributed by atoms with van der Waals surface area (Å²) in [6.45, 7) is 2.39. The van der Waals surface area contributed by atoms with Crippen LogP contribution in [0.15, 0.2) is 0 Å². The fourth-order valence-electron chi connectivity index (χ4n) is 0.502. The minimum atomic E-state index is -1.47. The van der Waals surface area contributed by atoms with Crippen molar-refractivity contribution < 1.29 is 10.2 Å². The van der Waals surface area contributed by atoms with Crippen molar-refractivity contribution in [1.29, 1.82) is 0 Å². The Balaban J connectivity index is 3.33. The monoisotopic (exact) mass is 133 g/mol. The van der Waals surface area contributed by atoms with Crippen LogP contribution in [0.4, 0.5) is 0 Å². The van der Waals surface area contributed by atoms with Crippen molar-refractivity contribution >= 4 is 0 Å². The second kappa shape index (κ2) is 3.82. The summed E-state index contributed by atoms with van der Waals surface area (Å²) < 4.78 is 0. The lowest BCUT2D eigenvalue weighted by molar-refractivity contribution is -0.165. The van der Waals surface area contributed by atoms with E-state index in [2.05, 4.69) is 5.32 Å². The van der Waals surface area contributed by atoms with Gasteiger partial charge in [-0.1, -0.05) is 6.92 Å². The molecule has 3 N–H and O–H groups in total. The molecular formula is C6H15NO2. The molecule has 0 saturated carbocycles. The fourth-order valence-corrected chi connectivity index (χ4v) is 0.502. The molecule has 0 unspecified atom stereocenters. The molecule has 0 radical (unpaired) electrons. The summed E-state index contributed by atoms with van der Waals surface area (Å²) in [5.74, 6) is -1.47. The zero-order valence-corrected chi connectivity index (χ0v) is 6.02. The maximum Gasteiger partial charge on any atom is 0.163 e. The van der Waals surface area contributed by atoms with Gasteiger partial charge < -0.3 is 15.5 Å². The second-order valence-electron chi connectivity index (χ2n) is 2.19. The average molecular weight is 133 g/mol. The van der Waals surface area contributed by atoms with Gasteiger partial charge in [-0.3, -0.25) is 0 Å². The van der Waals surface area contributed by atoms with Crippen LogP contribution in [0, 0.1) is 0 Å². The summed E-state index contributed by atoms with van der Waals surface area (Å²) >= 11 is 0. The molecule has 0 aliphatic carbocycles. The predicted octanol–water partition coefficient (Wildman–Crippen LogP) is -0.313. The van der Waals surface area contributed by atoms with Gasteiger partial charge in [-0.25, -0.2) is 0 Å².